The number of nitrogens with one attached hydrogen (secondary N) is 1. The third-order valence-electron chi connectivity index (χ3n) is 2.86. The van der Waals surface area contributed by atoms with Crippen molar-refractivity contribution < 1.29 is 9.13 Å². The molecule has 108 valence electrons. The first-order chi connectivity index (χ1) is 9.24. The molecule has 1 N–H and O–H groups in total. The van der Waals surface area contributed by atoms with Crippen molar-refractivity contribution in [2.45, 2.75) is 39.2 Å². The maximum Gasteiger partial charge on any atom is 0.128 e. The highest BCUT2D eigenvalue weighted by Crippen LogP contribution is 2.16. The Labute approximate surface area is 123 Å². The lowest BCUT2D eigenvalue weighted by atomic mass is 10.2. The van der Waals surface area contributed by atoms with E-state index in [9.17, 15) is 4.39 Å². The van der Waals surface area contributed by atoms with E-state index in [-0.39, 0.29) is 5.82 Å². The van der Waals surface area contributed by atoms with Gasteiger partial charge in [-0.3, -0.25) is 0 Å². The predicted octanol–water partition coefficient (Wildman–Crippen LogP) is 4.27. The monoisotopic (exact) mass is 331 g/mol. The van der Waals surface area contributed by atoms with Crippen molar-refractivity contribution in [3.8, 4) is 0 Å². The molecule has 0 radical (unpaired) electrons. The molecule has 0 aliphatic rings. The minimum absolute atomic E-state index is 0.204. The highest BCUT2D eigenvalue weighted by Gasteiger charge is 2.02. The van der Waals surface area contributed by atoms with Gasteiger partial charge in [0.25, 0.3) is 0 Å². The Bertz CT molecular complexity index is 360. The van der Waals surface area contributed by atoms with Gasteiger partial charge in [0, 0.05) is 16.6 Å². The average Bonchev–Trinajstić information content (AvgIpc) is 2.40. The first-order valence-corrected chi connectivity index (χ1v) is 7.75. The molecule has 0 aromatic heterocycles. The number of ether oxygens (including phenoxy) is 1. The highest BCUT2D eigenvalue weighted by atomic mass is 79.9. The molecule has 0 spiro atoms. The molecule has 0 amide bonds. The normalized spacial score (nSPS) is 10.9. The summed E-state index contributed by atoms with van der Waals surface area (Å²) in [7, 11) is 0. The van der Waals surface area contributed by atoms with E-state index in [1.807, 2.05) is 0 Å². The molecule has 0 unspecified atom stereocenters. The molecule has 2 nitrogen and oxygen atoms in total. The van der Waals surface area contributed by atoms with Gasteiger partial charge in [-0.05, 0) is 50.6 Å². The van der Waals surface area contributed by atoms with Crippen LogP contribution in [0.3, 0.4) is 0 Å². The Morgan fingerprint density at radius 3 is 2.79 bits per heavy atom. The summed E-state index contributed by atoms with van der Waals surface area (Å²) >= 11 is 3.33. The van der Waals surface area contributed by atoms with Crippen LogP contribution < -0.4 is 5.32 Å². The Morgan fingerprint density at radius 2 is 2.00 bits per heavy atom. The van der Waals surface area contributed by atoms with E-state index in [1.54, 1.807) is 12.1 Å². The fourth-order valence-corrected chi connectivity index (χ4v) is 2.13. The van der Waals surface area contributed by atoms with Gasteiger partial charge in [0.15, 0.2) is 0 Å². The molecule has 0 heterocycles. The van der Waals surface area contributed by atoms with Crippen LogP contribution in [0.25, 0.3) is 0 Å². The Balaban J connectivity index is 2.03. The van der Waals surface area contributed by atoms with Crippen molar-refractivity contribution >= 4 is 15.9 Å². The fourth-order valence-electron chi connectivity index (χ4n) is 1.72. The van der Waals surface area contributed by atoms with Gasteiger partial charge in [-0.25, -0.2) is 4.39 Å². The van der Waals surface area contributed by atoms with Crippen LogP contribution in [0.15, 0.2) is 22.7 Å². The van der Waals surface area contributed by atoms with Crippen LogP contribution >= 0.6 is 15.9 Å². The van der Waals surface area contributed by atoms with Crippen molar-refractivity contribution in [2.24, 2.45) is 0 Å². The number of rotatable bonds is 10. The number of hydrogen-bond donors (Lipinski definition) is 1. The van der Waals surface area contributed by atoms with E-state index in [2.05, 4.69) is 28.2 Å². The topological polar surface area (TPSA) is 21.3 Å². The van der Waals surface area contributed by atoms with Gasteiger partial charge in [0.1, 0.15) is 5.82 Å². The van der Waals surface area contributed by atoms with E-state index in [0.29, 0.717) is 18.8 Å². The number of hydrogen-bond acceptors (Lipinski definition) is 2. The summed E-state index contributed by atoms with van der Waals surface area (Å²) < 4.78 is 19.8. The third-order valence-corrected chi connectivity index (χ3v) is 3.36. The zero-order valence-electron chi connectivity index (χ0n) is 11.6. The molecular formula is C15H23BrFNO. The van der Waals surface area contributed by atoms with E-state index in [0.717, 1.165) is 30.4 Å². The zero-order valence-corrected chi connectivity index (χ0v) is 13.1. The third kappa shape index (κ3) is 7.65. The largest absolute Gasteiger partial charge is 0.377 e. The summed E-state index contributed by atoms with van der Waals surface area (Å²) in [6.45, 7) is 5.35. The Hall–Kier alpha value is -0.450. The molecule has 0 aliphatic heterocycles. The number of halogens is 2. The van der Waals surface area contributed by atoms with E-state index in [4.69, 9.17) is 4.74 Å². The first-order valence-electron chi connectivity index (χ1n) is 6.96. The SMILES string of the molecule is CCCCNCCCCOCc1cc(Br)ccc1F. The lowest BCUT2D eigenvalue weighted by Crippen LogP contribution is -2.16. The quantitative estimate of drug-likeness (QED) is 0.646. The van der Waals surface area contributed by atoms with Crippen LogP contribution in [-0.2, 0) is 11.3 Å². The zero-order chi connectivity index (χ0) is 13.9. The lowest BCUT2D eigenvalue weighted by molar-refractivity contribution is 0.115. The summed E-state index contributed by atoms with van der Waals surface area (Å²) in [5.41, 5.74) is 0.607. The van der Waals surface area contributed by atoms with Crippen LogP contribution in [0.1, 0.15) is 38.2 Å². The van der Waals surface area contributed by atoms with Crippen molar-refractivity contribution in [3.63, 3.8) is 0 Å². The molecule has 1 aromatic carbocycles. The van der Waals surface area contributed by atoms with Gasteiger partial charge < -0.3 is 10.1 Å². The van der Waals surface area contributed by atoms with Crippen molar-refractivity contribution in [2.75, 3.05) is 19.7 Å². The van der Waals surface area contributed by atoms with Crippen LogP contribution in [0.2, 0.25) is 0 Å². The fraction of sp³-hybridized carbons (Fsp3) is 0.600. The summed E-state index contributed by atoms with van der Waals surface area (Å²) in [4.78, 5) is 0. The van der Waals surface area contributed by atoms with Crippen molar-refractivity contribution in [1.82, 2.24) is 5.32 Å². The van der Waals surface area contributed by atoms with Gasteiger partial charge in [-0.2, -0.15) is 0 Å². The highest BCUT2D eigenvalue weighted by molar-refractivity contribution is 9.10. The van der Waals surface area contributed by atoms with Crippen molar-refractivity contribution in [3.05, 3.63) is 34.1 Å². The summed E-state index contributed by atoms with van der Waals surface area (Å²) in [6, 6.07) is 4.92. The molecule has 0 saturated heterocycles. The molecule has 0 bridgehead atoms. The minimum Gasteiger partial charge on any atom is -0.377 e. The average molecular weight is 332 g/mol. The lowest BCUT2D eigenvalue weighted by Gasteiger charge is -2.07. The Morgan fingerprint density at radius 1 is 1.21 bits per heavy atom. The second-order valence-corrected chi connectivity index (χ2v) is 5.51. The van der Waals surface area contributed by atoms with Crippen molar-refractivity contribution in [1.29, 1.82) is 0 Å². The van der Waals surface area contributed by atoms with Crippen LogP contribution in [-0.4, -0.2) is 19.7 Å². The minimum atomic E-state index is -0.204. The molecular weight excluding hydrogens is 309 g/mol. The van der Waals surface area contributed by atoms with Crippen LogP contribution in [0, 0.1) is 5.82 Å². The summed E-state index contributed by atoms with van der Waals surface area (Å²) in [5, 5.41) is 3.39. The summed E-state index contributed by atoms with van der Waals surface area (Å²) in [5.74, 6) is -0.204. The number of unbranched alkanes of at least 4 members (excludes halogenated alkanes) is 2. The molecule has 1 rings (SSSR count). The Kier molecular flexibility index (Phi) is 9.05. The van der Waals surface area contributed by atoms with E-state index in [1.165, 1.54) is 18.9 Å². The molecule has 0 fully saturated rings. The number of benzene rings is 1. The van der Waals surface area contributed by atoms with Crippen LogP contribution in [0.4, 0.5) is 4.39 Å². The predicted molar refractivity (Wildman–Crippen MR) is 80.8 cm³/mol. The molecule has 1 aromatic rings. The second kappa shape index (κ2) is 10.4. The van der Waals surface area contributed by atoms with Gasteiger partial charge in [-0.15, -0.1) is 0 Å². The maximum absolute atomic E-state index is 13.4. The first kappa shape index (κ1) is 16.6. The standard InChI is InChI=1S/C15H23BrFNO/c1-2-3-8-18-9-4-5-10-19-12-13-11-14(16)6-7-15(13)17/h6-7,11,18H,2-5,8-10,12H2,1H3. The van der Waals surface area contributed by atoms with Gasteiger partial charge in [-0.1, -0.05) is 29.3 Å². The van der Waals surface area contributed by atoms with Gasteiger partial charge in [0.05, 0.1) is 6.61 Å². The molecule has 4 heteroatoms. The molecule has 0 saturated carbocycles. The smallest absolute Gasteiger partial charge is 0.128 e. The van der Waals surface area contributed by atoms with Crippen LogP contribution in [0.5, 0.6) is 0 Å². The maximum atomic E-state index is 13.4. The molecule has 19 heavy (non-hydrogen) atoms. The summed E-state index contributed by atoms with van der Waals surface area (Å²) in [6.07, 6.45) is 4.58. The van der Waals surface area contributed by atoms with Gasteiger partial charge >= 0.3 is 0 Å². The molecule has 0 atom stereocenters. The van der Waals surface area contributed by atoms with E-state index < -0.39 is 0 Å². The van der Waals surface area contributed by atoms with Gasteiger partial charge in [0.2, 0.25) is 0 Å². The molecule has 0 aliphatic carbocycles. The second-order valence-electron chi connectivity index (χ2n) is 4.60. The van der Waals surface area contributed by atoms with E-state index >= 15 is 0 Å².